The summed E-state index contributed by atoms with van der Waals surface area (Å²) < 4.78 is 11.9. The molecule has 1 saturated heterocycles. The number of amides is 1. The molecule has 1 atom stereocenters. The number of benzene rings is 2. The van der Waals surface area contributed by atoms with Crippen LogP contribution in [-0.4, -0.2) is 30.5 Å². The van der Waals surface area contributed by atoms with Crippen LogP contribution < -0.4 is 4.74 Å². The lowest BCUT2D eigenvalue weighted by Crippen LogP contribution is -2.38. The van der Waals surface area contributed by atoms with Gasteiger partial charge in [0.2, 0.25) is 5.91 Å². The summed E-state index contributed by atoms with van der Waals surface area (Å²) in [7, 11) is 0. The Kier molecular flexibility index (Phi) is 6.40. The van der Waals surface area contributed by atoms with Gasteiger partial charge < -0.3 is 14.1 Å². The third-order valence-electron chi connectivity index (χ3n) is 6.38. The van der Waals surface area contributed by atoms with Crippen molar-refractivity contribution in [3.63, 3.8) is 0 Å². The SMILES string of the molecule is CCOc1cc2occ(-c3ccc(C)cc3C)c2cc1/C(C)=C/C(=O)N1CCCC(C)C1. The zero-order valence-corrected chi connectivity index (χ0v) is 19.8. The van der Waals surface area contributed by atoms with Crippen LogP contribution in [0.3, 0.4) is 0 Å². The number of hydrogen-bond acceptors (Lipinski definition) is 3. The van der Waals surface area contributed by atoms with Crippen molar-refractivity contribution in [2.45, 2.75) is 47.5 Å². The normalized spacial score (nSPS) is 17.1. The maximum atomic E-state index is 13.0. The Hall–Kier alpha value is -3.01. The number of carbonyl (C=O) groups is 1. The molecule has 0 bridgehead atoms. The number of rotatable bonds is 5. The average Bonchev–Trinajstić information content (AvgIpc) is 3.16. The number of carbonyl (C=O) groups excluding carboxylic acids is 1. The predicted molar refractivity (Wildman–Crippen MR) is 131 cm³/mol. The molecule has 2 heterocycles. The zero-order chi connectivity index (χ0) is 22.8. The summed E-state index contributed by atoms with van der Waals surface area (Å²) in [5, 5.41) is 1.03. The molecule has 1 fully saturated rings. The van der Waals surface area contributed by atoms with Crippen molar-refractivity contribution in [1.82, 2.24) is 4.90 Å². The first-order valence-corrected chi connectivity index (χ1v) is 11.6. The van der Waals surface area contributed by atoms with Crippen molar-refractivity contribution in [2.75, 3.05) is 19.7 Å². The van der Waals surface area contributed by atoms with E-state index in [1.807, 2.05) is 31.1 Å². The molecule has 0 spiro atoms. The summed E-state index contributed by atoms with van der Waals surface area (Å²) >= 11 is 0. The number of fused-ring (bicyclic) bond motifs is 1. The second-order valence-electron chi connectivity index (χ2n) is 9.10. The molecule has 1 aliphatic heterocycles. The highest BCUT2D eigenvalue weighted by atomic mass is 16.5. The van der Waals surface area contributed by atoms with Crippen molar-refractivity contribution in [2.24, 2.45) is 5.92 Å². The molecule has 32 heavy (non-hydrogen) atoms. The quantitative estimate of drug-likeness (QED) is 0.418. The molecule has 0 saturated carbocycles. The Bertz CT molecular complexity index is 1170. The van der Waals surface area contributed by atoms with E-state index in [0.29, 0.717) is 12.5 Å². The van der Waals surface area contributed by atoms with E-state index in [0.717, 1.165) is 58.5 Å². The summed E-state index contributed by atoms with van der Waals surface area (Å²) in [6.07, 6.45) is 5.85. The fourth-order valence-electron chi connectivity index (χ4n) is 4.71. The van der Waals surface area contributed by atoms with Gasteiger partial charge in [-0.1, -0.05) is 30.7 Å². The molecular formula is C28H33NO3. The smallest absolute Gasteiger partial charge is 0.246 e. The van der Waals surface area contributed by atoms with Crippen molar-refractivity contribution in [3.05, 3.63) is 59.4 Å². The first kappa shape index (κ1) is 22.2. The van der Waals surface area contributed by atoms with Crippen molar-refractivity contribution >= 4 is 22.4 Å². The molecular weight excluding hydrogens is 398 g/mol. The van der Waals surface area contributed by atoms with Gasteiger partial charge in [-0.25, -0.2) is 0 Å². The monoisotopic (exact) mass is 431 g/mol. The highest BCUT2D eigenvalue weighted by molar-refractivity contribution is 6.00. The molecule has 4 nitrogen and oxygen atoms in total. The topological polar surface area (TPSA) is 42.7 Å². The van der Waals surface area contributed by atoms with Crippen LogP contribution in [0.25, 0.3) is 27.7 Å². The minimum atomic E-state index is 0.0818. The van der Waals surface area contributed by atoms with Crippen LogP contribution in [0.5, 0.6) is 5.75 Å². The van der Waals surface area contributed by atoms with Crippen LogP contribution in [0, 0.1) is 19.8 Å². The van der Waals surface area contributed by atoms with Crippen molar-refractivity contribution in [1.29, 1.82) is 0 Å². The van der Waals surface area contributed by atoms with Gasteiger partial charge in [-0.05, 0) is 69.2 Å². The van der Waals surface area contributed by atoms with Gasteiger partial charge in [-0.3, -0.25) is 4.79 Å². The fourth-order valence-corrected chi connectivity index (χ4v) is 4.71. The molecule has 1 aliphatic rings. The summed E-state index contributed by atoms with van der Waals surface area (Å²) in [4.78, 5) is 14.9. The molecule has 1 unspecified atom stereocenters. The number of piperidine rings is 1. The zero-order valence-electron chi connectivity index (χ0n) is 19.8. The van der Waals surface area contributed by atoms with Crippen LogP contribution in [0.4, 0.5) is 0 Å². The first-order chi connectivity index (χ1) is 15.4. The number of allylic oxidation sites excluding steroid dienone is 1. The third kappa shape index (κ3) is 4.45. The van der Waals surface area contributed by atoms with Gasteiger partial charge in [0.25, 0.3) is 0 Å². The molecule has 3 aromatic rings. The maximum absolute atomic E-state index is 13.0. The van der Waals surface area contributed by atoms with E-state index >= 15 is 0 Å². The summed E-state index contributed by atoms with van der Waals surface area (Å²) in [5.74, 6) is 1.39. The summed E-state index contributed by atoms with van der Waals surface area (Å²) in [6.45, 7) is 12.6. The van der Waals surface area contributed by atoms with Gasteiger partial charge in [0.05, 0.1) is 12.9 Å². The number of likely N-dealkylation sites (tertiary alicyclic amines) is 1. The highest BCUT2D eigenvalue weighted by Crippen LogP contribution is 2.38. The van der Waals surface area contributed by atoms with Crippen LogP contribution in [-0.2, 0) is 4.79 Å². The third-order valence-corrected chi connectivity index (χ3v) is 6.38. The molecule has 168 valence electrons. The van der Waals surface area contributed by atoms with E-state index in [9.17, 15) is 4.79 Å². The minimum absolute atomic E-state index is 0.0818. The molecule has 0 N–H and O–H groups in total. The van der Waals surface area contributed by atoms with E-state index in [2.05, 4.69) is 45.0 Å². The molecule has 2 aromatic carbocycles. The van der Waals surface area contributed by atoms with E-state index < -0.39 is 0 Å². The number of aryl methyl sites for hydroxylation is 2. The number of nitrogens with zero attached hydrogens (tertiary/aromatic N) is 1. The van der Waals surface area contributed by atoms with E-state index in [1.165, 1.54) is 17.5 Å². The molecule has 0 radical (unpaired) electrons. The Labute approximate surface area is 190 Å². The molecule has 1 aromatic heterocycles. The van der Waals surface area contributed by atoms with Crippen LogP contribution >= 0.6 is 0 Å². The lowest BCUT2D eigenvalue weighted by molar-refractivity contribution is -0.127. The number of furan rings is 1. The van der Waals surface area contributed by atoms with Gasteiger partial charge in [-0.15, -0.1) is 0 Å². The Morgan fingerprint density at radius 1 is 1.22 bits per heavy atom. The van der Waals surface area contributed by atoms with E-state index in [1.54, 1.807) is 6.08 Å². The van der Waals surface area contributed by atoms with Crippen molar-refractivity contribution in [3.8, 4) is 16.9 Å². The average molecular weight is 432 g/mol. The Morgan fingerprint density at radius 2 is 2.03 bits per heavy atom. The van der Waals surface area contributed by atoms with Gasteiger partial charge in [0.15, 0.2) is 0 Å². The summed E-state index contributed by atoms with van der Waals surface area (Å²) in [6, 6.07) is 10.5. The lowest BCUT2D eigenvalue weighted by atomic mass is 9.96. The predicted octanol–water partition coefficient (Wildman–Crippen LogP) is 6.78. The van der Waals surface area contributed by atoms with E-state index in [-0.39, 0.29) is 5.91 Å². The maximum Gasteiger partial charge on any atom is 0.246 e. The van der Waals surface area contributed by atoms with Gasteiger partial charge in [0, 0.05) is 41.7 Å². The first-order valence-electron chi connectivity index (χ1n) is 11.6. The van der Waals surface area contributed by atoms with Crippen LogP contribution in [0.1, 0.15) is 50.3 Å². The minimum Gasteiger partial charge on any atom is -0.493 e. The van der Waals surface area contributed by atoms with E-state index in [4.69, 9.17) is 9.15 Å². The fraction of sp³-hybridized carbons (Fsp3) is 0.393. The number of ether oxygens (including phenoxy) is 1. The molecule has 1 amide bonds. The largest absolute Gasteiger partial charge is 0.493 e. The summed E-state index contributed by atoms with van der Waals surface area (Å²) in [5.41, 5.74) is 7.30. The second kappa shape index (κ2) is 9.23. The van der Waals surface area contributed by atoms with Gasteiger partial charge in [-0.2, -0.15) is 0 Å². The van der Waals surface area contributed by atoms with Gasteiger partial charge >= 0.3 is 0 Å². The standard InChI is InChI=1S/C28H33NO3/c1-6-31-26-15-27-24(25(17-32-27)22-10-9-18(2)12-20(22)4)14-23(26)21(5)13-28(30)29-11-7-8-19(3)16-29/h9-10,12-15,17,19H,6-8,11,16H2,1-5H3/b21-13+. The number of hydrogen-bond donors (Lipinski definition) is 0. The molecule has 0 aliphatic carbocycles. The Morgan fingerprint density at radius 3 is 2.75 bits per heavy atom. The molecule has 4 rings (SSSR count). The Balaban J connectivity index is 1.76. The van der Waals surface area contributed by atoms with Crippen LogP contribution in [0.15, 0.2) is 47.1 Å². The van der Waals surface area contributed by atoms with Gasteiger partial charge in [0.1, 0.15) is 11.3 Å². The second-order valence-corrected chi connectivity index (χ2v) is 9.10. The highest BCUT2D eigenvalue weighted by Gasteiger charge is 2.21. The van der Waals surface area contributed by atoms with Crippen molar-refractivity contribution < 1.29 is 13.9 Å². The van der Waals surface area contributed by atoms with Crippen LogP contribution in [0.2, 0.25) is 0 Å². The molecule has 4 heteroatoms. The lowest BCUT2D eigenvalue weighted by Gasteiger charge is -2.30.